The van der Waals surface area contributed by atoms with Crippen molar-refractivity contribution in [2.75, 3.05) is 0 Å². The zero-order valence-corrected chi connectivity index (χ0v) is 22.5. The molecule has 0 amide bonds. The third-order valence-electron chi connectivity index (χ3n) is 7.07. The summed E-state index contributed by atoms with van der Waals surface area (Å²) in [4.78, 5) is 0. The molecule has 0 bridgehead atoms. The number of unbranched alkanes of at least 4 members (excludes halogenated alkanes) is 3. The van der Waals surface area contributed by atoms with Crippen molar-refractivity contribution in [1.82, 2.24) is 0 Å². The molecular formula is C31H28Br2O. The number of fused-ring (bicyclic) bond motifs is 3. The summed E-state index contributed by atoms with van der Waals surface area (Å²) in [5, 5.41) is 10.1. The van der Waals surface area contributed by atoms with E-state index < -0.39 is 5.41 Å². The van der Waals surface area contributed by atoms with Gasteiger partial charge in [-0.2, -0.15) is 0 Å². The highest BCUT2D eigenvalue weighted by atomic mass is 79.9. The van der Waals surface area contributed by atoms with Gasteiger partial charge >= 0.3 is 0 Å². The van der Waals surface area contributed by atoms with E-state index >= 15 is 0 Å². The summed E-state index contributed by atoms with van der Waals surface area (Å²) >= 11 is 7.47. The van der Waals surface area contributed by atoms with Crippen LogP contribution in [0, 0.1) is 0 Å². The fraction of sp³-hybridized carbons (Fsp3) is 0.226. The van der Waals surface area contributed by atoms with E-state index in [0.29, 0.717) is 0 Å². The highest BCUT2D eigenvalue weighted by molar-refractivity contribution is 9.10. The Labute approximate surface area is 219 Å². The molecule has 172 valence electrons. The third-order valence-corrected chi connectivity index (χ3v) is 8.05. The molecule has 34 heavy (non-hydrogen) atoms. The average molecular weight is 576 g/mol. The normalized spacial score (nSPS) is 13.5. The Morgan fingerprint density at radius 1 is 0.647 bits per heavy atom. The Balaban J connectivity index is 1.72. The van der Waals surface area contributed by atoms with Crippen LogP contribution in [-0.4, -0.2) is 5.11 Å². The van der Waals surface area contributed by atoms with Crippen molar-refractivity contribution in [2.24, 2.45) is 0 Å². The Bertz CT molecular complexity index is 1260. The lowest BCUT2D eigenvalue weighted by Crippen LogP contribution is -2.28. The number of rotatable bonds is 7. The van der Waals surface area contributed by atoms with Gasteiger partial charge in [0.2, 0.25) is 0 Å². The standard InChI is InChI=1S/C31H28Br2O/c1-2-3-4-5-6-21-7-9-22(10-8-21)31(23-11-15-26(34)16-12-23)29-19-24(32)13-17-27(29)28-18-14-25(33)20-30(28)31/h7-20,34H,2-6H2,1H3. The minimum atomic E-state index is -0.466. The summed E-state index contributed by atoms with van der Waals surface area (Å²) in [5.41, 5.74) is 8.34. The lowest BCUT2D eigenvalue weighted by molar-refractivity contribution is 0.475. The second kappa shape index (κ2) is 9.71. The van der Waals surface area contributed by atoms with Crippen LogP contribution in [0.1, 0.15) is 60.4 Å². The molecule has 3 heteroatoms. The van der Waals surface area contributed by atoms with Gasteiger partial charge in [0.05, 0.1) is 5.41 Å². The van der Waals surface area contributed by atoms with Gasteiger partial charge in [-0.05, 0) is 88.2 Å². The molecule has 1 nitrogen and oxygen atoms in total. The largest absolute Gasteiger partial charge is 0.508 e. The van der Waals surface area contributed by atoms with Crippen molar-refractivity contribution in [3.63, 3.8) is 0 Å². The quantitative estimate of drug-likeness (QED) is 0.192. The second-order valence-corrected chi connectivity index (χ2v) is 11.0. The number of halogens is 2. The van der Waals surface area contributed by atoms with Gasteiger partial charge in [0.1, 0.15) is 5.75 Å². The molecule has 1 aliphatic carbocycles. The molecule has 0 atom stereocenters. The van der Waals surface area contributed by atoms with Crippen molar-refractivity contribution < 1.29 is 5.11 Å². The predicted octanol–water partition coefficient (Wildman–Crippen LogP) is 9.40. The molecule has 1 N–H and O–H groups in total. The van der Waals surface area contributed by atoms with Crippen LogP contribution in [-0.2, 0) is 11.8 Å². The van der Waals surface area contributed by atoms with Crippen molar-refractivity contribution >= 4 is 31.9 Å². The van der Waals surface area contributed by atoms with Gasteiger partial charge in [-0.3, -0.25) is 0 Å². The number of hydrogen-bond acceptors (Lipinski definition) is 1. The monoisotopic (exact) mass is 574 g/mol. The van der Waals surface area contributed by atoms with Gasteiger partial charge in [0, 0.05) is 8.95 Å². The summed E-state index contributed by atoms with van der Waals surface area (Å²) in [6.45, 7) is 2.26. The number of benzene rings is 4. The summed E-state index contributed by atoms with van der Waals surface area (Å²) in [6.07, 6.45) is 6.22. The number of aryl methyl sites for hydroxylation is 1. The van der Waals surface area contributed by atoms with Crippen LogP contribution >= 0.6 is 31.9 Å². The molecule has 0 saturated heterocycles. The van der Waals surface area contributed by atoms with E-state index in [1.807, 2.05) is 0 Å². The van der Waals surface area contributed by atoms with Gasteiger partial charge in [0.25, 0.3) is 0 Å². The Kier molecular flexibility index (Phi) is 6.68. The third kappa shape index (κ3) is 4.03. The average Bonchev–Trinajstić information content (AvgIpc) is 3.12. The molecule has 1 aliphatic rings. The summed E-state index contributed by atoms with van der Waals surface area (Å²) in [6, 6.07) is 30.1. The molecule has 0 radical (unpaired) electrons. The lowest BCUT2D eigenvalue weighted by atomic mass is 9.67. The molecule has 0 spiro atoms. The van der Waals surface area contributed by atoms with Crippen molar-refractivity contribution in [3.05, 3.63) is 122 Å². The van der Waals surface area contributed by atoms with Crippen molar-refractivity contribution in [3.8, 4) is 16.9 Å². The van der Waals surface area contributed by atoms with Crippen LogP contribution in [0.15, 0.2) is 93.9 Å². The van der Waals surface area contributed by atoms with Gasteiger partial charge in [-0.1, -0.05) is 107 Å². The summed E-state index contributed by atoms with van der Waals surface area (Å²) in [7, 11) is 0. The van der Waals surface area contributed by atoms with Gasteiger partial charge in [-0.15, -0.1) is 0 Å². The van der Waals surface area contributed by atoms with Crippen LogP contribution < -0.4 is 0 Å². The Hall–Kier alpha value is -2.36. The lowest BCUT2D eigenvalue weighted by Gasteiger charge is -2.34. The molecule has 0 fully saturated rings. The number of hydrogen-bond donors (Lipinski definition) is 1. The smallest absolute Gasteiger partial charge is 0.115 e. The SMILES string of the molecule is CCCCCCc1ccc(C2(c3ccc(O)cc3)c3cc(Br)ccc3-c3ccc(Br)cc32)cc1. The highest BCUT2D eigenvalue weighted by Gasteiger charge is 2.46. The maximum atomic E-state index is 10.1. The maximum Gasteiger partial charge on any atom is 0.115 e. The second-order valence-electron chi connectivity index (χ2n) is 9.18. The van der Waals surface area contributed by atoms with E-state index in [9.17, 15) is 5.11 Å². The van der Waals surface area contributed by atoms with E-state index in [4.69, 9.17) is 0 Å². The van der Waals surface area contributed by atoms with E-state index in [1.54, 1.807) is 12.1 Å². The van der Waals surface area contributed by atoms with Gasteiger partial charge in [0.15, 0.2) is 0 Å². The van der Waals surface area contributed by atoms with Crippen LogP contribution in [0.4, 0.5) is 0 Å². The van der Waals surface area contributed by atoms with Gasteiger partial charge < -0.3 is 5.11 Å². The van der Waals surface area contributed by atoms with Crippen molar-refractivity contribution in [2.45, 2.75) is 44.4 Å². The highest BCUT2D eigenvalue weighted by Crippen LogP contribution is 2.57. The number of aromatic hydroxyl groups is 1. The fourth-order valence-electron chi connectivity index (χ4n) is 5.45. The molecule has 0 saturated carbocycles. The molecular weight excluding hydrogens is 548 g/mol. The molecule has 0 aliphatic heterocycles. The van der Waals surface area contributed by atoms with Crippen LogP contribution in [0.3, 0.4) is 0 Å². The zero-order chi connectivity index (χ0) is 23.7. The first kappa shape index (κ1) is 23.4. The van der Waals surface area contributed by atoms with Crippen molar-refractivity contribution in [1.29, 1.82) is 0 Å². The van der Waals surface area contributed by atoms with E-state index in [1.165, 1.54) is 59.1 Å². The Morgan fingerprint density at radius 2 is 1.18 bits per heavy atom. The first-order valence-corrected chi connectivity index (χ1v) is 13.6. The minimum Gasteiger partial charge on any atom is -0.508 e. The first-order chi connectivity index (χ1) is 16.5. The fourth-order valence-corrected chi connectivity index (χ4v) is 6.17. The zero-order valence-electron chi connectivity index (χ0n) is 19.3. The van der Waals surface area contributed by atoms with E-state index in [-0.39, 0.29) is 5.75 Å². The van der Waals surface area contributed by atoms with Gasteiger partial charge in [-0.25, -0.2) is 0 Å². The summed E-state index contributed by atoms with van der Waals surface area (Å²) in [5.74, 6) is 0.281. The number of phenols is 1. The summed E-state index contributed by atoms with van der Waals surface area (Å²) < 4.78 is 2.13. The molecule has 4 aromatic rings. The van der Waals surface area contributed by atoms with Crippen LogP contribution in [0.25, 0.3) is 11.1 Å². The molecule has 0 unspecified atom stereocenters. The van der Waals surface area contributed by atoms with Crippen LogP contribution in [0.5, 0.6) is 5.75 Å². The topological polar surface area (TPSA) is 20.2 Å². The molecule has 5 rings (SSSR count). The van der Waals surface area contributed by atoms with Crippen LogP contribution in [0.2, 0.25) is 0 Å². The van der Waals surface area contributed by atoms with E-state index in [0.717, 1.165) is 20.9 Å². The molecule has 0 aromatic heterocycles. The number of phenolic OH excluding ortho intramolecular Hbond substituents is 1. The molecule has 0 heterocycles. The van der Waals surface area contributed by atoms with E-state index in [2.05, 4.69) is 112 Å². The Morgan fingerprint density at radius 3 is 1.71 bits per heavy atom. The molecule has 4 aromatic carbocycles. The predicted molar refractivity (Wildman–Crippen MR) is 149 cm³/mol. The minimum absolute atomic E-state index is 0.281. The maximum absolute atomic E-state index is 10.1. The first-order valence-electron chi connectivity index (χ1n) is 12.0.